The zero-order chi connectivity index (χ0) is 40.8. The fourth-order valence-electron chi connectivity index (χ4n) is 6.02. The van der Waals surface area contributed by atoms with E-state index in [0.29, 0.717) is 28.0 Å². The summed E-state index contributed by atoms with van der Waals surface area (Å²) in [4.78, 5) is 9.12. The molecule has 7 aromatic rings. The number of fused-ring (bicyclic) bond motifs is 3. The van der Waals surface area contributed by atoms with Gasteiger partial charge in [-0.3, -0.25) is 0 Å². The number of rotatable bonds is 6. The third kappa shape index (κ3) is 9.02. The van der Waals surface area contributed by atoms with Crippen LogP contribution in [0.2, 0.25) is 19.6 Å². The Morgan fingerprint density at radius 1 is 0.843 bits per heavy atom. The first kappa shape index (κ1) is 30.5. The van der Waals surface area contributed by atoms with E-state index >= 15 is 0 Å². The molecule has 4 aromatic carbocycles. The summed E-state index contributed by atoms with van der Waals surface area (Å²) in [7, 11) is -1.50. The molecule has 0 aliphatic carbocycles. The second kappa shape index (κ2) is 15.6. The summed E-state index contributed by atoms with van der Waals surface area (Å²) in [6.45, 7) is 14.3. The van der Waals surface area contributed by atoms with Gasteiger partial charge in [-0.2, -0.15) is 0 Å². The molecule has 0 unspecified atom stereocenters. The van der Waals surface area contributed by atoms with Gasteiger partial charge in [0, 0.05) is 46.1 Å². The fraction of sp³-hybridized carbons (Fsp3) is 0.261. The molecule has 0 bridgehead atoms. The van der Waals surface area contributed by atoms with Crippen molar-refractivity contribution in [3.63, 3.8) is 0 Å². The van der Waals surface area contributed by atoms with Crippen molar-refractivity contribution in [1.82, 2.24) is 9.97 Å². The zero-order valence-electron chi connectivity index (χ0n) is 36.5. The average Bonchev–Trinajstić information content (AvgIpc) is 3.52. The predicted molar refractivity (Wildman–Crippen MR) is 215 cm³/mol. The van der Waals surface area contributed by atoms with Crippen LogP contribution in [0.25, 0.3) is 55.6 Å². The van der Waals surface area contributed by atoms with Gasteiger partial charge < -0.3 is 14.4 Å². The molecule has 51 heavy (non-hydrogen) atoms. The first-order valence-electron chi connectivity index (χ1n) is 20.0. The van der Waals surface area contributed by atoms with Crippen molar-refractivity contribution in [2.45, 2.75) is 73.4 Å². The van der Waals surface area contributed by atoms with Crippen LogP contribution in [0.5, 0.6) is 0 Å². The van der Waals surface area contributed by atoms with Crippen LogP contribution < -0.4 is 5.19 Å². The normalized spacial score (nSPS) is 14.2. The molecule has 5 heteroatoms. The van der Waals surface area contributed by atoms with Crippen LogP contribution in [-0.2, 0) is 26.5 Å². The van der Waals surface area contributed by atoms with Crippen molar-refractivity contribution >= 4 is 35.2 Å². The molecule has 0 amide bonds. The molecule has 0 spiro atoms. The maximum atomic E-state index is 8.66. The second-order valence-corrected chi connectivity index (χ2v) is 20.0. The number of benzene rings is 4. The Kier molecular flexibility index (Phi) is 9.33. The molecule has 0 N–H and O–H groups in total. The van der Waals surface area contributed by atoms with Crippen molar-refractivity contribution in [2.75, 3.05) is 0 Å². The number of pyridine rings is 2. The molecular formula is C46H48IrN2OSi-2. The smallest absolute Gasteiger partial charge is 0.120 e. The fourth-order valence-corrected chi connectivity index (χ4v) is 7.60. The molecule has 0 fully saturated rings. The van der Waals surface area contributed by atoms with E-state index in [4.69, 9.17) is 12.6 Å². The SMILES string of the molecule is [2H]C(C)(C)c1cc(-c2[c-]cccc2)ncc1[Si](C)(C)C.[2H]C([2H])([2H])c1ccc(-c2ccc3oc4c(-c5cc(C([2H])([2H])C(C)(C)C)ccn5)[c-]ccc4c3c2)cc1.[Ir]. The van der Waals surface area contributed by atoms with Gasteiger partial charge in [0.1, 0.15) is 5.58 Å². The summed E-state index contributed by atoms with van der Waals surface area (Å²) in [6.07, 6.45) is 2.06. The Bertz CT molecular complexity index is 2500. The maximum absolute atomic E-state index is 8.66. The molecule has 3 heterocycles. The summed E-state index contributed by atoms with van der Waals surface area (Å²) in [5.74, 6) is -0.609. The first-order valence-corrected chi connectivity index (χ1v) is 20.5. The maximum Gasteiger partial charge on any atom is 0.120 e. The van der Waals surface area contributed by atoms with E-state index in [1.807, 2.05) is 108 Å². The number of nitrogens with zero attached hydrogens (tertiary/aromatic N) is 2. The van der Waals surface area contributed by atoms with E-state index in [9.17, 15) is 0 Å². The van der Waals surface area contributed by atoms with E-state index in [1.165, 1.54) is 5.19 Å². The summed E-state index contributed by atoms with van der Waals surface area (Å²) in [5.41, 5.74) is 7.79. The minimum absolute atomic E-state index is 0. The minimum atomic E-state index is -2.13. The van der Waals surface area contributed by atoms with Gasteiger partial charge in [0.15, 0.2) is 0 Å². The van der Waals surface area contributed by atoms with Crippen molar-refractivity contribution in [2.24, 2.45) is 5.41 Å². The van der Waals surface area contributed by atoms with E-state index in [0.717, 1.165) is 44.3 Å². The number of aromatic nitrogens is 2. The molecule has 1 radical (unpaired) electrons. The molecule has 263 valence electrons. The van der Waals surface area contributed by atoms with Crippen molar-refractivity contribution in [3.05, 3.63) is 138 Å². The quantitative estimate of drug-likeness (QED) is 0.123. The Balaban J connectivity index is 0.000000251. The molecule has 0 aliphatic rings. The van der Waals surface area contributed by atoms with Crippen molar-refractivity contribution in [3.8, 4) is 33.6 Å². The van der Waals surface area contributed by atoms with Gasteiger partial charge >= 0.3 is 0 Å². The minimum Gasteiger partial charge on any atom is -0.501 e. The predicted octanol–water partition coefficient (Wildman–Crippen LogP) is 12.2. The molecule has 3 aromatic heterocycles. The van der Waals surface area contributed by atoms with Crippen LogP contribution >= 0.6 is 0 Å². The van der Waals surface area contributed by atoms with Gasteiger partial charge in [0.05, 0.1) is 13.7 Å². The number of hydrogen-bond acceptors (Lipinski definition) is 3. The average molecular weight is 871 g/mol. The van der Waals surface area contributed by atoms with Gasteiger partial charge in [0.2, 0.25) is 0 Å². The van der Waals surface area contributed by atoms with Gasteiger partial charge in [-0.1, -0.05) is 124 Å². The Morgan fingerprint density at radius 3 is 2.27 bits per heavy atom. The number of hydrogen-bond donors (Lipinski definition) is 0. The Hall–Kier alpha value is -4.15. The third-order valence-electron chi connectivity index (χ3n) is 8.42. The molecular weight excluding hydrogens is 817 g/mol. The van der Waals surface area contributed by atoms with Crippen LogP contribution in [0.15, 0.2) is 114 Å². The molecule has 0 aliphatic heterocycles. The standard InChI is InChI=1S/C29H26NO.C17H22NSi.Ir/c1-19-8-10-21(11-9-19)22-12-13-27-25(17-22)23-6-5-7-24(28(23)31-27)26-16-20(14-15-30-26)18-29(2,3)4;1-13(2)15-11-16(14-9-7-6-8-10-14)18-12-17(15)19(3,4)5;/h5-6,8-17H,18H2,1-4H3;6-9,11-13H,1-5H3;/q2*-1;/i1D3,18D2;13D;. The number of aryl methyl sites for hydroxylation is 1. The van der Waals surface area contributed by atoms with Crippen molar-refractivity contribution in [1.29, 1.82) is 0 Å². The second-order valence-electron chi connectivity index (χ2n) is 14.9. The monoisotopic (exact) mass is 871 g/mol. The summed E-state index contributed by atoms with van der Waals surface area (Å²) in [5, 5.41) is 3.11. The molecule has 7 rings (SSSR count). The topological polar surface area (TPSA) is 38.9 Å². The van der Waals surface area contributed by atoms with Crippen LogP contribution in [0.1, 0.15) is 65.4 Å². The van der Waals surface area contributed by atoms with Crippen LogP contribution in [-0.4, -0.2) is 18.0 Å². The Morgan fingerprint density at radius 2 is 1.61 bits per heavy atom. The van der Waals surface area contributed by atoms with E-state index in [-0.39, 0.29) is 20.1 Å². The first-order chi connectivity index (χ1) is 26.1. The van der Waals surface area contributed by atoms with Crippen LogP contribution in [0, 0.1) is 24.4 Å². The van der Waals surface area contributed by atoms with E-state index in [1.54, 1.807) is 30.5 Å². The molecule has 0 saturated carbocycles. The summed E-state index contributed by atoms with van der Waals surface area (Å²) >= 11 is 0. The molecule has 0 saturated heterocycles. The van der Waals surface area contributed by atoms with E-state index < -0.39 is 32.6 Å². The van der Waals surface area contributed by atoms with Gasteiger partial charge in [-0.15, -0.1) is 54.1 Å². The third-order valence-corrected chi connectivity index (χ3v) is 10.4. The Labute approximate surface area is 327 Å². The van der Waals surface area contributed by atoms with Crippen LogP contribution in [0.4, 0.5) is 0 Å². The van der Waals surface area contributed by atoms with Gasteiger partial charge in [0.25, 0.3) is 0 Å². The molecule has 3 nitrogen and oxygen atoms in total. The van der Waals surface area contributed by atoms with Gasteiger partial charge in [-0.05, 0) is 70.4 Å². The van der Waals surface area contributed by atoms with Crippen molar-refractivity contribution < 1.29 is 32.7 Å². The van der Waals surface area contributed by atoms with E-state index in [2.05, 4.69) is 47.8 Å². The van der Waals surface area contributed by atoms with Crippen LogP contribution in [0.3, 0.4) is 0 Å². The zero-order valence-corrected chi connectivity index (χ0v) is 33.9. The van der Waals surface area contributed by atoms with Gasteiger partial charge in [-0.25, -0.2) is 0 Å². The molecule has 0 atom stereocenters. The largest absolute Gasteiger partial charge is 0.501 e. The summed E-state index contributed by atoms with van der Waals surface area (Å²) < 4.78 is 54.8. The summed E-state index contributed by atoms with van der Waals surface area (Å²) in [6, 6.07) is 36.5. The number of furan rings is 1.